The van der Waals surface area contributed by atoms with Crippen molar-refractivity contribution in [2.75, 3.05) is 39.6 Å². The number of rotatable bonds is 83. The molecule has 0 aliphatic rings. The summed E-state index contributed by atoms with van der Waals surface area (Å²) >= 11 is 0. The zero-order valence-corrected chi connectivity index (χ0v) is 69.4. The van der Waals surface area contributed by atoms with Crippen LogP contribution in [0.5, 0.6) is 0 Å². The Hall–Kier alpha value is -1.94. The van der Waals surface area contributed by atoms with Crippen LogP contribution in [0.2, 0.25) is 0 Å². The predicted molar refractivity (Wildman–Crippen MR) is 423 cm³/mol. The van der Waals surface area contributed by atoms with Gasteiger partial charge < -0.3 is 33.8 Å². The number of esters is 4. The van der Waals surface area contributed by atoms with Crippen LogP contribution in [0.4, 0.5) is 0 Å². The van der Waals surface area contributed by atoms with Crippen molar-refractivity contribution in [2.24, 2.45) is 11.8 Å². The number of phosphoric acid groups is 2. The van der Waals surface area contributed by atoms with Crippen LogP contribution in [0.3, 0.4) is 0 Å². The van der Waals surface area contributed by atoms with Crippen LogP contribution in [0.1, 0.15) is 446 Å². The molecule has 3 unspecified atom stereocenters. The summed E-state index contributed by atoms with van der Waals surface area (Å²) in [6.07, 6.45) is 66.7. The lowest BCUT2D eigenvalue weighted by Gasteiger charge is -2.21. The van der Waals surface area contributed by atoms with Crippen LogP contribution in [-0.4, -0.2) is 96.7 Å². The van der Waals surface area contributed by atoms with Gasteiger partial charge in [0.05, 0.1) is 26.4 Å². The molecular formula is C84H164O17P2. The van der Waals surface area contributed by atoms with Crippen molar-refractivity contribution >= 4 is 39.5 Å². The van der Waals surface area contributed by atoms with E-state index in [1.54, 1.807) is 0 Å². The number of carbonyl (C=O) groups is 4. The van der Waals surface area contributed by atoms with Gasteiger partial charge in [-0.15, -0.1) is 0 Å². The summed E-state index contributed by atoms with van der Waals surface area (Å²) in [6.45, 7) is 9.65. The zero-order chi connectivity index (χ0) is 75.6. The first-order valence-electron chi connectivity index (χ1n) is 43.5. The van der Waals surface area contributed by atoms with E-state index in [9.17, 15) is 43.2 Å². The molecule has 0 aliphatic heterocycles. The monoisotopic (exact) mass is 1510 g/mol. The van der Waals surface area contributed by atoms with Gasteiger partial charge in [0.15, 0.2) is 12.2 Å². The molecule has 612 valence electrons. The highest BCUT2D eigenvalue weighted by Crippen LogP contribution is 2.45. The quantitative estimate of drug-likeness (QED) is 0.0222. The Morgan fingerprint density at radius 1 is 0.282 bits per heavy atom. The molecule has 0 bridgehead atoms. The third-order valence-corrected chi connectivity index (χ3v) is 22.0. The molecule has 0 aliphatic carbocycles. The van der Waals surface area contributed by atoms with E-state index < -0.39 is 97.5 Å². The van der Waals surface area contributed by atoms with Gasteiger partial charge in [0.25, 0.3) is 0 Å². The Labute approximate surface area is 632 Å². The SMILES string of the molecule is CCCCCCCCCCCCCCCCCCCCCCCCC(=O)O[C@H](COC(=O)CCCCCCCCCCCCCCCCC(C)CC)COP(=O)(O)OC[C@@H](O)COP(=O)(O)OC[C@@H](COC(=O)CCCCCCCCCC(C)C)OC(=O)CCCCCCCCCCCCCCC. The van der Waals surface area contributed by atoms with E-state index in [4.69, 9.17) is 37.0 Å². The first kappa shape index (κ1) is 101. The minimum Gasteiger partial charge on any atom is -0.462 e. The van der Waals surface area contributed by atoms with Crippen molar-refractivity contribution < 1.29 is 80.2 Å². The molecule has 103 heavy (non-hydrogen) atoms. The maximum atomic E-state index is 13.1. The summed E-state index contributed by atoms with van der Waals surface area (Å²) < 4.78 is 68.8. The minimum atomic E-state index is -4.96. The summed E-state index contributed by atoms with van der Waals surface area (Å²) in [4.78, 5) is 73.1. The van der Waals surface area contributed by atoms with Crippen LogP contribution < -0.4 is 0 Å². The predicted octanol–water partition coefficient (Wildman–Crippen LogP) is 25.5. The van der Waals surface area contributed by atoms with Gasteiger partial charge in [-0.05, 0) is 37.5 Å². The van der Waals surface area contributed by atoms with E-state index in [2.05, 4.69) is 41.5 Å². The fraction of sp³-hybridized carbons (Fsp3) is 0.952. The largest absolute Gasteiger partial charge is 0.472 e. The Morgan fingerprint density at radius 2 is 0.495 bits per heavy atom. The van der Waals surface area contributed by atoms with Crippen molar-refractivity contribution in [3.63, 3.8) is 0 Å². The number of unbranched alkanes of at least 4 members (excludes halogenated alkanes) is 52. The standard InChI is InChI=1S/C84H164O17P2/c1-7-10-12-14-16-18-20-22-23-24-25-26-27-28-29-30-36-40-44-50-57-63-69-84(89)100-79(72-94-81(86)66-60-54-48-42-38-35-32-31-34-37-41-47-53-59-65-77(6)9-3)74-98-102(90,91)96-70-78(85)71-97-103(92,93)99-75-80(73-95-82(87)67-61-55-51-45-46-52-58-64-76(4)5)101-83(88)68-62-56-49-43-39-33-21-19-17-15-13-11-8-2/h76-80,85H,7-75H2,1-6H3,(H,90,91)(H,92,93)/t77?,78-,79-,80-/m1/s1. The Balaban J connectivity index is 5.21. The van der Waals surface area contributed by atoms with Crippen LogP contribution in [0, 0.1) is 11.8 Å². The second-order valence-electron chi connectivity index (χ2n) is 30.9. The fourth-order valence-corrected chi connectivity index (χ4v) is 14.6. The minimum absolute atomic E-state index is 0.107. The van der Waals surface area contributed by atoms with Crippen molar-refractivity contribution in [3.8, 4) is 0 Å². The number of hydrogen-bond donors (Lipinski definition) is 3. The molecule has 0 aromatic heterocycles. The molecule has 0 fully saturated rings. The van der Waals surface area contributed by atoms with Crippen molar-refractivity contribution in [1.29, 1.82) is 0 Å². The molecule has 19 heteroatoms. The highest BCUT2D eigenvalue weighted by atomic mass is 31.2. The molecule has 0 spiro atoms. The summed E-state index contributed by atoms with van der Waals surface area (Å²) in [6, 6.07) is 0. The van der Waals surface area contributed by atoms with E-state index in [0.717, 1.165) is 102 Å². The molecule has 0 radical (unpaired) electrons. The second kappa shape index (κ2) is 75.5. The first-order valence-corrected chi connectivity index (χ1v) is 46.5. The number of aliphatic hydroxyl groups excluding tert-OH is 1. The molecular weight excluding hydrogens is 1340 g/mol. The topological polar surface area (TPSA) is 237 Å². The number of ether oxygens (including phenoxy) is 4. The molecule has 3 N–H and O–H groups in total. The molecule has 6 atom stereocenters. The number of carbonyl (C=O) groups excluding carboxylic acids is 4. The van der Waals surface area contributed by atoms with Crippen molar-refractivity contribution in [1.82, 2.24) is 0 Å². The Bertz CT molecular complexity index is 1980. The third-order valence-electron chi connectivity index (χ3n) is 20.1. The van der Waals surface area contributed by atoms with Gasteiger partial charge in [-0.2, -0.15) is 0 Å². The maximum absolute atomic E-state index is 13.1. The third kappa shape index (κ3) is 76.6. The van der Waals surface area contributed by atoms with Crippen LogP contribution >= 0.6 is 15.6 Å². The van der Waals surface area contributed by atoms with Crippen LogP contribution in [0.15, 0.2) is 0 Å². The summed E-state index contributed by atoms with van der Waals surface area (Å²) in [5, 5.41) is 10.7. The second-order valence-corrected chi connectivity index (χ2v) is 33.8. The lowest BCUT2D eigenvalue weighted by atomic mass is 9.99. The Kier molecular flexibility index (Phi) is 74.1. The van der Waals surface area contributed by atoms with E-state index in [0.29, 0.717) is 31.6 Å². The van der Waals surface area contributed by atoms with Gasteiger partial charge in [0.2, 0.25) is 0 Å². The molecule has 0 aromatic rings. The molecule has 17 nitrogen and oxygen atoms in total. The average molecular weight is 1510 g/mol. The van der Waals surface area contributed by atoms with Gasteiger partial charge in [-0.1, -0.05) is 395 Å². The van der Waals surface area contributed by atoms with Gasteiger partial charge in [0.1, 0.15) is 19.3 Å². The zero-order valence-electron chi connectivity index (χ0n) is 67.6. The highest BCUT2D eigenvalue weighted by molar-refractivity contribution is 7.47. The molecule has 0 amide bonds. The number of aliphatic hydroxyl groups is 1. The summed E-state index contributed by atoms with van der Waals surface area (Å²) in [5.41, 5.74) is 0. The molecule has 0 aromatic carbocycles. The smallest absolute Gasteiger partial charge is 0.462 e. The first-order chi connectivity index (χ1) is 49.9. The summed E-state index contributed by atoms with van der Waals surface area (Å²) in [7, 11) is -9.92. The molecule has 0 saturated carbocycles. The molecule has 0 rings (SSSR count). The molecule has 0 saturated heterocycles. The van der Waals surface area contributed by atoms with Crippen LogP contribution in [-0.2, 0) is 65.4 Å². The van der Waals surface area contributed by atoms with Gasteiger partial charge >= 0.3 is 39.5 Å². The van der Waals surface area contributed by atoms with Crippen LogP contribution in [0.25, 0.3) is 0 Å². The van der Waals surface area contributed by atoms with Crippen molar-refractivity contribution in [3.05, 3.63) is 0 Å². The molecule has 0 heterocycles. The van der Waals surface area contributed by atoms with Crippen molar-refractivity contribution in [2.45, 2.75) is 464 Å². The van der Waals surface area contributed by atoms with Gasteiger partial charge in [0, 0.05) is 25.7 Å². The van der Waals surface area contributed by atoms with E-state index in [1.165, 1.54) is 257 Å². The maximum Gasteiger partial charge on any atom is 0.472 e. The lowest BCUT2D eigenvalue weighted by Crippen LogP contribution is -2.30. The highest BCUT2D eigenvalue weighted by Gasteiger charge is 2.30. The average Bonchev–Trinajstić information content (AvgIpc) is 0.910. The normalized spacial score (nSPS) is 14.1. The van der Waals surface area contributed by atoms with Gasteiger partial charge in [-0.3, -0.25) is 37.3 Å². The number of hydrogen-bond acceptors (Lipinski definition) is 15. The van der Waals surface area contributed by atoms with E-state index >= 15 is 0 Å². The Morgan fingerprint density at radius 3 is 0.738 bits per heavy atom. The fourth-order valence-electron chi connectivity index (χ4n) is 13.0. The van der Waals surface area contributed by atoms with Gasteiger partial charge in [-0.25, -0.2) is 9.13 Å². The summed E-state index contributed by atoms with van der Waals surface area (Å²) in [5.74, 6) is -0.551. The number of phosphoric ester groups is 2. The van der Waals surface area contributed by atoms with E-state index in [1.807, 2.05) is 0 Å². The van der Waals surface area contributed by atoms with E-state index in [-0.39, 0.29) is 25.7 Å². The lowest BCUT2D eigenvalue weighted by molar-refractivity contribution is -0.161.